The van der Waals surface area contributed by atoms with Gasteiger partial charge in [-0.1, -0.05) is 33.3 Å². The minimum atomic E-state index is -0.156. The molecule has 106 valence electrons. The molecule has 1 saturated carbocycles. The average molecular weight is 283 g/mol. The van der Waals surface area contributed by atoms with Gasteiger partial charge in [0.1, 0.15) is 5.82 Å². The van der Waals surface area contributed by atoms with Gasteiger partial charge >= 0.3 is 0 Å². The van der Waals surface area contributed by atoms with Crippen molar-refractivity contribution in [3.05, 3.63) is 35.1 Å². The Morgan fingerprint density at radius 2 is 1.95 bits per heavy atom. The molecule has 2 rings (SSSR count). The highest BCUT2D eigenvalue weighted by atomic mass is 35.5. The van der Waals surface area contributed by atoms with Crippen molar-refractivity contribution in [2.75, 3.05) is 0 Å². The largest absolute Gasteiger partial charge is 0.207 e. The van der Waals surface area contributed by atoms with Crippen molar-refractivity contribution in [2.45, 2.75) is 57.7 Å². The van der Waals surface area contributed by atoms with Crippen LogP contribution in [0.25, 0.3) is 0 Å². The molecule has 0 heterocycles. The molecule has 0 spiro atoms. The Balaban J connectivity index is 2.30. The zero-order valence-electron chi connectivity index (χ0n) is 12.3. The monoisotopic (exact) mass is 282 g/mol. The molecule has 1 aromatic rings. The van der Waals surface area contributed by atoms with E-state index in [1.165, 1.54) is 18.4 Å². The molecule has 0 aromatic heterocycles. The van der Waals surface area contributed by atoms with Gasteiger partial charge in [-0.25, -0.2) is 4.39 Å². The highest BCUT2D eigenvalue weighted by Crippen LogP contribution is 2.45. The summed E-state index contributed by atoms with van der Waals surface area (Å²) in [4.78, 5) is 0. The fourth-order valence-corrected chi connectivity index (χ4v) is 4.42. The summed E-state index contributed by atoms with van der Waals surface area (Å²) in [6, 6.07) is 5.14. The van der Waals surface area contributed by atoms with E-state index in [4.69, 9.17) is 11.6 Å². The number of alkyl halides is 1. The van der Waals surface area contributed by atoms with Crippen LogP contribution in [0.15, 0.2) is 18.2 Å². The first-order valence-corrected chi connectivity index (χ1v) is 7.66. The number of benzene rings is 1. The number of aryl methyl sites for hydroxylation is 1. The molecule has 1 aliphatic carbocycles. The van der Waals surface area contributed by atoms with Crippen molar-refractivity contribution in [3.63, 3.8) is 0 Å². The quantitative estimate of drug-likeness (QED) is 0.632. The predicted molar refractivity (Wildman–Crippen MR) is 80.3 cm³/mol. The Bertz CT molecular complexity index is 453. The summed E-state index contributed by atoms with van der Waals surface area (Å²) in [6.07, 6.45) is 3.51. The first-order chi connectivity index (χ1) is 8.82. The molecule has 1 fully saturated rings. The van der Waals surface area contributed by atoms with Gasteiger partial charge in [0.05, 0.1) is 0 Å². The third-order valence-corrected chi connectivity index (χ3v) is 5.33. The lowest BCUT2D eigenvalue weighted by Gasteiger charge is -2.42. The lowest BCUT2D eigenvalue weighted by Crippen LogP contribution is -2.39. The van der Waals surface area contributed by atoms with E-state index in [0.717, 1.165) is 17.9 Å². The fourth-order valence-electron chi connectivity index (χ4n) is 3.67. The van der Waals surface area contributed by atoms with Crippen molar-refractivity contribution >= 4 is 11.6 Å². The summed E-state index contributed by atoms with van der Waals surface area (Å²) in [5, 5.41) is 0.225. The van der Waals surface area contributed by atoms with Gasteiger partial charge in [0, 0.05) is 5.38 Å². The van der Waals surface area contributed by atoms with E-state index in [9.17, 15) is 4.39 Å². The fraction of sp³-hybridized carbons (Fsp3) is 0.647. The Kier molecular flexibility index (Phi) is 4.25. The number of hydrogen-bond donors (Lipinski definition) is 0. The van der Waals surface area contributed by atoms with Crippen LogP contribution in [-0.4, -0.2) is 5.38 Å². The third-order valence-electron chi connectivity index (χ3n) is 4.84. The highest BCUT2D eigenvalue weighted by Gasteiger charge is 2.39. The van der Waals surface area contributed by atoms with E-state index in [1.54, 1.807) is 12.1 Å². The average Bonchev–Trinajstić information content (AvgIpc) is 2.27. The zero-order chi connectivity index (χ0) is 14.2. The van der Waals surface area contributed by atoms with Crippen molar-refractivity contribution in [2.24, 2.45) is 11.8 Å². The van der Waals surface area contributed by atoms with Crippen molar-refractivity contribution in [3.8, 4) is 0 Å². The molecule has 0 N–H and O–H groups in total. The molecule has 0 saturated heterocycles. The van der Waals surface area contributed by atoms with Crippen molar-refractivity contribution in [1.29, 1.82) is 0 Å². The van der Waals surface area contributed by atoms with Crippen LogP contribution in [0.2, 0.25) is 0 Å². The normalized spacial score (nSPS) is 28.4. The minimum Gasteiger partial charge on any atom is -0.207 e. The van der Waals surface area contributed by atoms with E-state index >= 15 is 0 Å². The summed E-state index contributed by atoms with van der Waals surface area (Å²) in [6.45, 7) is 8.78. The Hall–Kier alpha value is -0.560. The lowest BCUT2D eigenvalue weighted by molar-refractivity contribution is 0.207. The second-order valence-electron chi connectivity index (χ2n) is 6.72. The van der Waals surface area contributed by atoms with Crippen molar-refractivity contribution < 1.29 is 4.39 Å². The van der Waals surface area contributed by atoms with Gasteiger partial charge in [-0.05, 0) is 60.3 Å². The maximum absolute atomic E-state index is 13.3. The topological polar surface area (TPSA) is 0 Å². The Morgan fingerprint density at radius 3 is 2.53 bits per heavy atom. The first kappa shape index (κ1) is 14.8. The van der Waals surface area contributed by atoms with Crippen LogP contribution in [0.4, 0.5) is 4.39 Å². The standard InChI is InChI=1S/C17H24ClF/c1-11-5-7-15(16(18)9-11)17(3,4)14-8-6-13(19)10-12(14)2/h6,8,10-11,15-16H,5,7,9H2,1-4H3. The molecule has 1 aliphatic rings. The Morgan fingerprint density at radius 1 is 1.26 bits per heavy atom. The first-order valence-electron chi connectivity index (χ1n) is 7.23. The maximum Gasteiger partial charge on any atom is 0.123 e. The van der Waals surface area contributed by atoms with E-state index in [2.05, 4.69) is 20.8 Å². The van der Waals surface area contributed by atoms with Gasteiger partial charge in [0.25, 0.3) is 0 Å². The maximum atomic E-state index is 13.3. The zero-order valence-corrected chi connectivity index (χ0v) is 13.1. The molecule has 1 aromatic carbocycles. The molecular weight excluding hydrogens is 259 g/mol. The van der Waals surface area contributed by atoms with Crippen LogP contribution in [0.1, 0.15) is 51.2 Å². The van der Waals surface area contributed by atoms with Gasteiger partial charge in [-0.2, -0.15) is 0 Å². The molecule has 0 aliphatic heterocycles. The minimum absolute atomic E-state index is 0.00431. The van der Waals surface area contributed by atoms with E-state index in [0.29, 0.717) is 5.92 Å². The third kappa shape index (κ3) is 2.97. The molecule has 0 nitrogen and oxygen atoms in total. The summed E-state index contributed by atoms with van der Waals surface area (Å²) < 4.78 is 13.3. The molecular formula is C17H24ClF. The van der Waals surface area contributed by atoms with Gasteiger partial charge < -0.3 is 0 Å². The van der Waals surface area contributed by atoms with Crippen LogP contribution < -0.4 is 0 Å². The van der Waals surface area contributed by atoms with E-state index in [1.807, 2.05) is 13.0 Å². The van der Waals surface area contributed by atoms with Gasteiger partial charge in [-0.15, -0.1) is 11.6 Å². The summed E-state index contributed by atoms with van der Waals surface area (Å²) in [5.41, 5.74) is 2.27. The molecule has 0 bridgehead atoms. The molecule has 0 radical (unpaired) electrons. The SMILES string of the molecule is Cc1cc(F)ccc1C(C)(C)C1CCC(C)CC1Cl. The molecule has 2 heteroatoms. The van der Waals surface area contributed by atoms with Gasteiger partial charge in [-0.3, -0.25) is 0 Å². The van der Waals surface area contributed by atoms with Crippen LogP contribution >= 0.6 is 11.6 Å². The molecule has 3 atom stereocenters. The molecule has 19 heavy (non-hydrogen) atoms. The number of hydrogen-bond acceptors (Lipinski definition) is 0. The number of halogens is 2. The van der Waals surface area contributed by atoms with Crippen LogP contribution in [-0.2, 0) is 5.41 Å². The summed E-state index contributed by atoms with van der Waals surface area (Å²) in [7, 11) is 0. The summed E-state index contributed by atoms with van der Waals surface area (Å²) in [5.74, 6) is 1.04. The Labute approximate surface area is 121 Å². The highest BCUT2D eigenvalue weighted by molar-refractivity contribution is 6.20. The number of rotatable bonds is 2. The molecule has 3 unspecified atom stereocenters. The van der Waals surface area contributed by atoms with Gasteiger partial charge in [0.15, 0.2) is 0 Å². The smallest absolute Gasteiger partial charge is 0.123 e. The van der Waals surface area contributed by atoms with E-state index < -0.39 is 0 Å². The van der Waals surface area contributed by atoms with Gasteiger partial charge in [0.2, 0.25) is 0 Å². The lowest BCUT2D eigenvalue weighted by atomic mass is 9.65. The van der Waals surface area contributed by atoms with Crippen LogP contribution in [0.5, 0.6) is 0 Å². The van der Waals surface area contributed by atoms with Crippen LogP contribution in [0.3, 0.4) is 0 Å². The predicted octanol–water partition coefficient (Wildman–Crippen LogP) is 5.46. The second-order valence-corrected chi connectivity index (χ2v) is 7.28. The summed E-state index contributed by atoms with van der Waals surface area (Å²) >= 11 is 6.62. The molecule has 0 amide bonds. The van der Waals surface area contributed by atoms with Crippen LogP contribution in [0, 0.1) is 24.6 Å². The van der Waals surface area contributed by atoms with Crippen molar-refractivity contribution in [1.82, 2.24) is 0 Å². The van der Waals surface area contributed by atoms with E-state index in [-0.39, 0.29) is 16.6 Å². The second kappa shape index (κ2) is 5.44.